The molecule has 0 aliphatic carbocycles. The molecule has 0 aromatic heterocycles. The summed E-state index contributed by atoms with van der Waals surface area (Å²) in [6.45, 7) is 2.78. The van der Waals surface area contributed by atoms with Gasteiger partial charge in [-0.3, -0.25) is 9.59 Å². The Morgan fingerprint density at radius 2 is 1.66 bits per heavy atom. The topological polar surface area (TPSA) is 49.4 Å². The van der Waals surface area contributed by atoms with E-state index in [1.54, 1.807) is 28.8 Å². The lowest BCUT2D eigenvalue weighted by atomic mass is 10.0. The van der Waals surface area contributed by atoms with Crippen molar-refractivity contribution in [1.29, 1.82) is 0 Å². The normalized spacial score (nSPS) is 11.6. The molecule has 35 heavy (non-hydrogen) atoms. The minimum Gasteiger partial charge on any atom is -0.354 e. The minimum atomic E-state index is -0.662. The number of carbonyl (C=O) groups excluding carboxylic acids is 2. The first kappa shape index (κ1) is 27.1. The summed E-state index contributed by atoms with van der Waals surface area (Å²) in [5.74, 6) is 0.361. The number of carbonyl (C=O) groups is 2. The Hall–Kier alpha value is -2.47. The highest BCUT2D eigenvalue weighted by molar-refractivity contribution is 7.99. The van der Waals surface area contributed by atoms with E-state index in [1.807, 2.05) is 73.7 Å². The quantitative estimate of drug-likeness (QED) is 0.268. The summed E-state index contributed by atoms with van der Waals surface area (Å²) in [7, 11) is 0. The summed E-state index contributed by atoms with van der Waals surface area (Å²) < 4.78 is 0. The lowest BCUT2D eigenvalue weighted by Crippen LogP contribution is -2.50. The second kappa shape index (κ2) is 14.2. The van der Waals surface area contributed by atoms with E-state index in [-0.39, 0.29) is 18.4 Å². The first-order valence-corrected chi connectivity index (χ1v) is 13.4. The highest BCUT2D eigenvalue weighted by Gasteiger charge is 2.30. The molecule has 7 heteroatoms. The predicted molar refractivity (Wildman–Crippen MR) is 146 cm³/mol. The average Bonchev–Trinajstić information content (AvgIpc) is 2.87. The van der Waals surface area contributed by atoms with Gasteiger partial charge in [-0.15, -0.1) is 11.8 Å². The molecule has 0 saturated heterocycles. The van der Waals surface area contributed by atoms with Crippen molar-refractivity contribution in [2.24, 2.45) is 0 Å². The van der Waals surface area contributed by atoms with Gasteiger partial charge in [0, 0.05) is 46.6 Å². The van der Waals surface area contributed by atoms with Gasteiger partial charge in [0.25, 0.3) is 0 Å². The summed E-state index contributed by atoms with van der Waals surface area (Å²) >= 11 is 14.2. The molecule has 0 radical (unpaired) electrons. The van der Waals surface area contributed by atoms with Gasteiger partial charge in [-0.05, 0) is 41.8 Å². The lowest BCUT2D eigenvalue weighted by Gasteiger charge is -2.32. The van der Waals surface area contributed by atoms with Crippen molar-refractivity contribution in [2.45, 2.75) is 43.7 Å². The Labute approximate surface area is 222 Å². The molecule has 3 aromatic carbocycles. The molecule has 3 rings (SSSR count). The zero-order valence-corrected chi connectivity index (χ0v) is 22.1. The molecule has 2 amide bonds. The number of rotatable bonds is 12. The Kier molecular flexibility index (Phi) is 11.0. The molecule has 0 fully saturated rings. The fourth-order valence-corrected chi connectivity index (χ4v) is 5.00. The van der Waals surface area contributed by atoms with E-state index >= 15 is 0 Å². The second-order valence-corrected chi connectivity index (χ2v) is 10.2. The summed E-state index contributed by atoms with van der Waals surface area (Å²) in [5.41, 5.74) is 1.74. The fourth-order valence-electron chi connectivity index (χ4n) is 3.67. The van der Waals surface area contributed by atoms with E-state index in [2.05, 4.69) is 5.32 Å². The third-order valence-electron chi connectivity index (χ3n) is 5.50. The van der Waals surface area contributed by atoms with Crippen LogP contribution in [0.4, 0.5) is 0 Å². The van der Waals surface area contributed by atoms with Crippen LogP contribution in [-0.2, 0) is 22.6 Å². The van der Waals surface area contributed by atoms with Crippen LogP contribution in [0.1, 0.15) is 30.9 Å². The molecule has 0 spiro atoms. The first-order valence-electron chi connectivity index (χ1n) is 11.7. The van der Waals surface area contributed by atoms with E-state index in [0.29, 0.717) is 35.2 Å². The predicted octanol–water partition coefficient (Wildman–Crippen LogP) is 6.64. The molecule has 0 bridgehead atoms. The van der Waals surface area contributed by atoms with E-state index in [4.69, 9.17) is 23.2 Å². The molecule has 1 unspecified atom stereocenters. The molecule has 3 aromatic rings. The maximum Gasteiger partial charge on any atom is 0.243 e. The third kappa shape index (κ3) is 8.60. The average molecular weight is 530 g/mol. The highest BCUT2D eigenvalue weighted by atomic mass is 35.5. The molecular weight excluding hydrogens is 499 g/mol. The Morgan fingerprint density at radius 3 is 2.31 bits per heavy atom. The van der Waals surface area contributed by atoms with Crippen molar-refractivity contribution in [2.75, 3.05) is 12.3 Å². The van der Waals surface area contributed by atoms with Crippen LogP contribution in [0.25, 0.3) is 0 Å². The zero-order chi connectivity index (χ0) is 25.0. The van der Waals surface area contributed by atoms with E-state index in [1.165, 1.54) is 0 Å². The molecule has 0 aliphatic heterocycles. The van der Waals surface area contributed by atoms with Gasteiger partial charge in [0.15, 0.2) is 0 Å². The van der Waals surface area contributed by atoms with E-state index in [0.717, 1.165) is 22.4 Å². The van der Waals surface area contributed by atoms with Gasteiger partial charge in [-0.1, -0.05) is 84.7 Å². The largest absolute Gasteiger partial charge is 0.354 e. The second-order valence-electron chi connectivity index (χ2n) is 8.17. The van der Waals surface area contributed by atoms with Crippen LogP contribution in [-0.4, -0.2) is 35.1 Å². The van der Waals surface area contributed by atoms with E-state index in [9.17, 15) is 9.59 Å². The lowest BCUT2D eigenvalue weighted by molar-refractivity contribution is -0.141. The van der Waals surface area contributed by atoms with Gasteiger partial charge in [0.05, 0.1) is 0 Å². The van der Waals surface area contributed by atoms with Crippen molar-refractivity contribution in [3.8, 4) is 0 Å². The Morgan fingerprint density at radius 1 is 0.971 bits per heavy atom. The number of hydrogen-bond acceptors (Lipinski definition) is 3. The molecule has 184 valence electrons. The van der Waals surface area contributed by atoms with Crippen molar-refractivity contribution in [3.05, 3.63) is 100 Å². The molecule has 1 N–H and O–H groups in total. The van der Waals surface area contributed by atoms with Gasteiger partial charge in [0.1, 0.15) is 6.04 Å². The zero-order valence-electron chi connectivity index (χ0n) is 19.8. The van der Waals surface area contributed by atoms with Gasteiger partial charge in [0.2, 0.25) is 11.8 Å². The van der Waals surface area contributed by atoms with Crippen LogP contribution < -0.4 is 5.32 Å². The van der Waals surface area contributed by atoms with Gasteiger partial charge >= 0.3 is 0 Å². The number of amides is 2. The number of halogens is 2. The maximum absolute atomic E-state index is 13.6. The summed E-state index contributed by atoms with van der Waals surface area (Å²) in [6, 6.07) is 24.3. The summed E-state index contributed by atoms with van der Waals surface area (Å²) in [6.07, 6.45) is 1.53. The minimum absolute atomic E-state index is 0.0907. The molecule has 0 aliphatic rings. The highest BCUT2D eigenvalue weighted by Crippen LogP contribution is 2.25. The fraction of sp³-hybridized carbons (Fsp3) is 0.286. The Balaban J connectivity index is 1.86. The van der Waals surface area contributed by atoms with Gasteiger partial charge in [-0.25, -0.2) is 0 Å². The number of benzene rings is 3. The smallest absolute Gasteiger partial charge is 0.243 e. The monoisotopic (exact) mass is 528 g/mol. The third-order valence-corrected chi connectivity index (χ3v) is 7.10. The van der Waals surface area contributed by atoms with E-state index < -0.39 is 6.04 Å². The SMILES string of the molecule is CCCNC(=O)C(Cc1ccccc1)N(Cc1ccc(Cl)cc1Cl)C(=O)CCSc1ccccc1. The number of hydrogen-bond donors (Lipinski definition) is 1. The van der Waals surface area contributed by atoms with Crippen LogP contribution in [0, 0.1) is 0 Å². The number of nitrogens with one attached hydrogen (secondary N) is 1. The van der Waals surface area contributed by atoms with Crippen LogP contribution in [0.2, 0.25) is 10.0 Å². The molecule has 0 heterocycles. The molecule has 0 saturated carbocycles. The maximum atomic E-state index is 13.6. The summed E-state index contributed by atoms with van der Waals surface area (Å²) in [5, 5.41) is 3.99. The van der Waals surface area contributed by atoms with Crippen LogP contribution in [0.15, 0.2) is 83.8 Å². The molecular formula is C28H30Cl2N2O2S. The molecule has 1 atom stereocenters. The van der Waals surface area contributed by atoms with Crippen molar-refractivity contribution in [3.63, 3.8) is 0 Å². The number of thioether (sulfide) groups is 1. The number of nitrogens with zero attached hydrogens (tertiary/aromatic N) is 1. The Bertz CT molecular complexity index is 1100. The first-order chi connectivity index (χ1) is 17.0. The van der Waals surface area contributed by atoms with Crippen molar-refractivity contribution < 1.29 is 9.59 Å². The van der Waals surface area contributed by atoms with Crippen LogP contribution in [0.5, 0.6) is 0 Å². The van der Waals surface area contributed by atoms with Crippen LogP contribution in [0.3, 0.4) is 0 Å². The molecule has 4 nitrogen and oxygen atoms in total. The van der Waals surface area contributed by atoms with Crippen molar-refractivity contribution >= 4 is 46.8 Å². The van der Waals surface area contributed by atoms with Crippen LogP contribution >= 0.6 is 35.0 Å². The van der Waals surface area contributed by atoms with Gasteiger partial charge in [-0.2, -0.15) is 0 Å². The standard InChI is InChI=1S/C28H30Cl2N2O2S/c1-2-16-31-28(34)26(18-21-9-5-3-6-10-21)32(20-22-13-14-23(29)19-25(22)30)27(33)15-17-35-24-11-7-4-8-12-24/h3-14,19,26H,2,15-18,20H2,1H3,(H,31,34). The van der Waals surface area contributed by atoms with Gasteiger partial charge < -0.3 is 10.2 Å². The summed E-state index contributed by atoms with van der Waals surface area (Å²) in [4.78, 5) is 29.7. The van der Waals surface area contributed by atoms with Crippen molar-refractivity contribution in [1.82, 2.24) is 10.2 Å².